The Labute approximate surface area is 207 Å². The minimum atomic E-state index is -0.439. The molecule has 1 aliphatic heterocycles. The lowest BCUT2D eigenvalue weighted by Crippen LogP contribution is -2.33. The molecule has 0 aliphatic carbocycles. The Morgan fingerprint density at radius 1 is 1.08 bits per heavy atom. The molecule has 0 bridgehead atoms. The lowest BCUT2D eigenvalue weighted by Gasteiger charge is -2.08. The maximum absolute atomic E-state index is 12.8. The van der Waals surface area contributed by atoms with Crippen molar-refractivity contribution in [3.63, 3.8) is 0 Å². The van der Waals surface area contributed by atoms with Gasteiger partial charge in [0.15, 0.2) is 0 Å². The number of H-pyrrole nitrogens is 1. The molecule has 0 saturated heterocycles. The van der Waals surface area contributed by atoms with Crippen LogP contribution >= 0.6 is 0 Å². The van der Waals surface area contributed by atoms with Crippen molar-refractivity contribution in [1.29, 1.82) is 0 Å². The Morgan fingerprint density at radius 3 is 2.81 bits per heavy atom. The lowest BCUT2D eigenvalue weighted by atomic mass is 10.0. The van der Waals surface area contributed by atoms with Crippen molar-refractivity contribution in [1.82, 2.24) is 19.9 Å². The molecule has 8 heteroatoms. The van der Waals surface area contributed by atoms with Gasteiger partial charge in [-0.1, -0.05) is 30.4 Å². The van der Waals surface area contributed by atoms with Crippen molar-refractivity contribution in [2.24, 2.45) is 0 Å². The molecular weight excluding hydrogens is 454 g/mol. The summed E-state index contributed by atoms with van der Waals surface area (Å²) in [5.41, 5.74) is 4.51. The fraction of sp³-hybridized carbons (Fsp3) is 0.0714. The van der Waals surface area contributed by atoms with E-state index in [1.54, 1.807) is 36.8 Å². The molecule has 0 atom stereocenters. The first-order chi connectivity index (χ1) is 17.6. The van der Waals surface area contributed by atoms with E-state index in [0.29, 0.717) is 12.1 Å². The van der Waals surface area contributed by atoms with Gasteiger partial charge in [0.2, 0.25) is 0 Å². The van der Waals surface area contributed by atoms with Gasteiger partial charge in [-0.3, -0.25) is 19.4 Å². The molecule has 8 nitrogen and oxygen atoms in total. The summed E-state index contributed by atoms with van der Waals surface area (Å²) in [7, 11) is 0. The number of amides is 2. The lowest BCUT2D eigenvalue weighted by molar-refractivity contribution is -0.110. The second kappa shape index (κ2) is 10.1. The van der Waals surface area contributed by atoms with E-state index in [9.17, 15) is 14.4 Å². The van der Waals surface area contributed by atoms with Crippen LogP contribution in [0.25, 0.3) is 17.7 Å². The molecule has 0 radical (unpaired) electrons. The third-order valence-corrected chi connectivity index (χ3v) is 5.78. The molecule has 3 aromatic heterocycles. The van der Waals surface area contributed by atoms with E-state index in [-0.39, 0.29) is 23.6 Å². The standard InChI is InChI=1S/C28H23N5O3/c34-26(23-8-4-14-33(28(23)36)18-20-6-1-11-29-17-20)31-13-2-5-19-9-10-22-24(16-21-7-3-12-30-21)27(35)32-25(22)15-19/h1-12,14-17,30H,13,18H2,(H,31,34)(H,32,35)/b5-2+,24-16-. The van der Waals surface area contributed by atoms with Gasteiger partial charge in [-0.05, 0) is 53.6 Å². The van der Waals surface area contributed by atoms with Crippen LogP contribution in [0.2, 0.25) is 0 Å². The van der Waals surface area contributed by atoms with Crippen LogP contribution < -0.4 is 16.2 Å². The van der Waals surface area contributed by atoms with Gasteiger partial charge in [0.25, 0.3) is 17.4 Å². The van der Waals surface area contributed by atoms with Crippen LogP contribution in [0.4, 0.5) is 5.69 Å². The Hall–Kier alpha value is -4.98. The number of benzene rings is 1. The number of hydrogen-bond donors (Lipinski definition) is 3. The van der Waals surface area contributed by atoms with E-state index in [2.05, 4.69) is 20.6 Å². The van der Waals surface area contributed by atoms with E-state index in [4.69, 9.17) is 0 Å². The van der Waals surface area contributed by atoms with Crippen molar-refractivity contribution in [2.45, 2.75) is 6.54 Å². The molecule has 4 aromatic rings. The highest BCUT2D eigenvalue weighted by atomic mass is 16.2. The van der Waals surface area contributed by atoms with Crippen LogP contribution in [0, 0.1) is 0 Å². The van der Waals surface area contributed by atoms with Crippen LogP contribution in [-0.2, 0) is 11.3 Å². The first-order valence-electron chi connectivity index (χ1n) is 11.4. The van der Waals surface area contributed by atoms with Crippen molar-refractivity contribution >= 4 is 35.2 Å². The second-order valence-corrected chi connectivity index (χ2v) is 8.27. The van der Waals surface area contributed by atoms with Crippen molar-refractivity contribution in [3.8, 4) is 0 Å². The SMILES string of the molecule is O=C1Nc2cc(/C=C/CNC(=O)c3cccn(Cc4cccnc4)c3=O)ccc2/C1=C/c1ccc[nH]1. The van der Waals surface area contributed by atoms with Gasteiger partial charge >= 0.3 is 0 Å². The summed E-state index contributed by atoms with van der Waals surface area (Å²) >= 11 is 0. The van der Waals surface area contributed by atoms with Crippen LogP contribution in [0.3, 0.4) is 0 Å². The maximum atomic E-state index is 12.8. The first kappa shape index (κ1) is 22.8. The number of anilines is 1. The number of nitrogens with zero attached hydrogens (tertiary/aromatic N) is 2. The fourth-order valence-electron chi connectivity index (χ4n) is 4.01. The Balaban J connectivity index is 1.22. The number of carbonyl (C=O) groups is 2. The van der Waals surface area contributed by atoms with Crippen LogP contribution in [-0.4, -0.2) is 32.9 Å². The average Bonchev–Trinajstić information content (AvgIpc) is 3.51. The fourth-order valence-corrected chi connectivity index (χ4v) is 4.01. The van der Waals surface area contributed by atoms with Crippen molar-refractivity contribution in [2.75, 3.05) is 11.9 Å². The van der Waals surface area contributed by atoms with E-state index in [1.807, 2.05) is 54.7 Å². The summed E-state index contributed by atoms with van der Waals surface area (Å²) in [4.78, 5) is 44.9. The maximum Gasteiger partial charge on any atom is 0.263 e. The van der Waals surface area contributed by atoms with Gasteiger partial charge in [0.1, 0.15) is 5.56 Å². The highest BCUT2D eigenvalue weighted by molar-refractivity contribution is 6.34. The number of carbonyl (C=O) groups excluding carboxylic acids is 2. The summed E-state index contributed by atoms with van der Waals surface area (Å²) < 4.78 is 1.49. The number of pyridine rings is 2. The number of aromatic amines is 1. The third-order valence-electron chi connectivity index (χ3n) is 5.78. The molecule has 3 N–H and O–H groups in total. The zero-order valence-electron chi connectivity index (χ0n) is 19.3. The molecule has 5 rings (SSSR count). The van der Waals surface area contributed by atoms with E-state index in [1.165, 1.54) is 10.6 Å². The molecule has 36 heavy (non-hydrogen) atoms. The largest absolute Gasteiger partial charge is 0.362 e. The van der Waals surface area contributed by atoms with E-state index in [0.717, 1.165) is 28.1 Å². The highest BCUT2D eigenvalue weighted by Crippen LogP contribution is 2.33. The number of aromatic nitrogens is 3. The molecule has 2 amide bonds. The molecular formula is C28H23N5O3. The van der Waals surface area contributed by atoms with Crippen LogP contribution in [0.15, 0.2) is 90.3 Å². The minimum Gasteiger partial charge on any atom is -0.362 e. The third kappa shape index (κ3) is 4.92. The second-order valence-electron chi connectivity index (χ2n) is 8.27. The minimum absolute atomic E-state index is 0.0800. The predicted octanol–water partition coefficient (Wildman–Crippen LogP) is 3.56. The Bertz CT molecular complexity index is 1530. The van der Waals surface area contributed by atoms with Gasteiger partial charge in [-0.15, -0.1) is 0 Å². The molecule has 0 unspecified atom stereocenters. The summed E-state index contributed by atoms with van der Waals surface area (Å²) in [5.74, 6) is -0.587. The number of rotatable bonds is 7. The number of fused-ring (bicyclic) bond motifs is 1. The van der Waals surface area contributed by atoms with E-state index < -0.39 is 5.91 Å². The van der Waals surface area contributed by atoms with Gasteiger partial charge < -0.3 is 20.2 Å². The van der Waals surface area contributed by atoms with E-state index >= 15 is 0 Å². The van der Waals surface area contributed by atoms with Gasteiger partial charge in [0, 0.05) is 48.3 Å². The smallest absolute Gasteiger partial charge is 0.263 e. The first-order valence-corrected chi connectivity index (χ1v) is 11.4. The molecule has 0 fully saturated rings. The average molecular weight is 478 g/mol. The number of nitrogens with one attached hydrogen (secondary N) is 3. The van der Waals surface area contributed by atoms with Gasteiger partial charge in [-0.2, -0.15) is 0 Å². The Morgan fingerprint density at radius 2 is 2.00 bits per heavy atom. The molecule has 1 aliphatic rings. The Kier molecular flexibility index (Phi) is 6.40. The highest BCUT2D eigenvalue weighted by Gasteiger charge is 2.24. The normalized spacial score (nSPS) is 13.7. The molecule has 4 heterocycles. The topological polar surface area (TPSA) is 109 Å². The molecule has 0 saturated carbocycles. The zero-order valence-corrected chi connectivity index (χ0v) is 19.3. The summed E-state index contributed by atoms with van der Waals surface area (Å²) in [5, 5.41) is 5.65. The molecule has 0 spiro atoms. The van der Waals surface area contributed by atoms with Crippen LogP contribution in [0.1, 0.15) is 32.7 Å². The monoisotopic (exact) mass is 477 g/mol. The van der Waals surface area contributed by atoms with Crippen molar-refractivity contribution in [3.05, 3.63) is 124 Å². The number of hydrogen-bond acceptors (Lipinski definition) is 4. The van der Waals surface area contributed by atoms with Gasteiger partial charge in [0.05, 0.1) is 12.1 Å². The summed E-state index contributed by atoms with van der Waals surface area (Å²) in [6, 6.07) is 16.3. The molecule has 1 aromatic carbocycles. The quantitative estimate of drug-likeness (QED) is 0.354. The van der Waals surface area contributed by atoms with Crippen molar-refractivity contribution < 1.29 is 9.59 Å². The van der Waals surface area contributed by atoms with Crippen LogP contribution in [0.5, 0.6) is 0 Å². The predicted molar refractivity (Wildman–Crippen MR) is 139 cm³/mol. The zero-order chi connectivity index (χ0) is 24.9. The summed E-state index contributed by atoms with van der Waals surface area (Å²) in [6.07, 6.45) is 12.3. The summed E-state index contributed by atoms with van der Waals surface area (Å²) in [6.45, 7) is 0.585. The van der Waals surface area contributed by atoms with Gasteiger partial charge in [-0.25, -0.2) is 0 Å². The molecule has 178 valence electrons.